The summed E-state index contributed by atoms with van der Waals surface area (Å²) in [6, 6.07) is 7.92. The highest BCUT2D eigenvalue weighted by molar-refractivity contribution is 14.1. The van der Waals surface area contributed by atoms with Gasteiger partial charge >= 0.3 is 0 Å². The monoisotopic (exact) mass is 364 g/mol. The van der Waals surface area contributed by atoms with Crippen LogP contribution in [0.2, 0.25) is 0 Å². The summed E-state index contributed by atoms with van der Waals surface area (Å²) in [5, 5.41) is 0. The summed E-state index contributed by atoms with van der Waals surface area (Å²) in [6.07, 6.45) is 2.24. The molecule has 14 heavy (non-hydrogen) atoms. The molecule has 0 heterocycles. The Bertz CT molecular complexity index is 354. The van der Waals surface area contributed by atoms with Gasteiger partial charge < -0.3 is 0 Å². The number of benzene rings is 1. The Morgan fingerprint density at radius 3 is 2.50 bits per heavy atom. The van der Waals surface area contributed by atoms with Crippen LogP contribution in [0.3, 0.4) is 0 Å². The zero-order valence-electron chi connectivity index (χ0n) is 7.76. The third-order valence-corrected chi connectivity index (χ3v) is 3.22. The molecule has 0 aliphatic heterocycles. The van der Waals surface area contributed by atoms with E-state index in [9.17, 15) is 4.79 Å². The van der Waals surface area contributed by atoms with Crippen molar-refractivity contribution in [2.45, 2.75) is 13.3 Å². The molecule has 0 saturated heterocycles. The molecule has 0 N–H and O–H groups in total. The maximum absolute atomic E-state index is 11.2. The first kappa shape index (κ1) is 11.9. The van der Waals surface area contributed by atoms with E-state index in [4.69, 9.17) is 0 Å². The lowest BCUT2D eigenvalue weighted by molar-refractivity contribution is -0.114. The van der Waals surface area contributed by atoms with Gasteiger partial charge in [-0.2, -0.15) is 0 Å². The molecule has 0 spiro atoms. The first-order valence-corrected chi connectivity index (χ1v) is 6.16. The summed E-state index contributed by atoms with van der Waals surface area (Å²) in [6.45, 7) is 1.87. The van der Waals surface area contributed by atoms with Crippen LogP contribution in [-0.4, -0.2) is 5.78 Å². The minimum atomic E-state index is 0.164. The number of carbonyl (C=O) groups is 1. The van der Waals surface area contributed by atoms with Gasteiger partial charge in [0.25, 0.3) is 0 Å². The first-order valence-electron chi connectivity index (χ1n) is 4.29. The molecule has 1 nitrogen and oxygen atoms in total. The number of hydrogen-bond acceptors (Lipinski definition) is 1. The van der Waals surface area contributed by atoms with Crippen molar-refractivity contribution in [3.05, 3.63) is 40.4 Å². The summed E-state index contributed by atoms with van der Waals surface area (Å²) < 4.78 is 2.04. The molecule has 0 fully saturated rings. The van der Waals surface area contributed by atoms with Crippen LogP contribution in [0.1, 0.15) is 18.9 Å². The van der Waals surface area contributed by atoms with Crippen LogP contribution in [0.4, 0.5) is 0 Å². The number of hydrogen-bond donors (Lipinski definition) is 0. The SMILES string of the molecule is CCC(=O)/C=C(\I)c1ccc(Br)cc1. The first-order chi connectivity index (χ1) is 6.63. The predicted octanol–water partition coefficient (Wildman–Crippen LogP) is 4.20. The minimum absolute atomic E-state index is 0.164. The largest absolute Gasteiger partial charge is 0.295 e. The van der Waals surface area contributed by atoms with E-state index in [1.54, 1.807) is 6.08 Å². The summed E-state index contributed by atoms with van der Waals surface area (Å²) in [5.41, 5.74) is 1.08. The van der Waals surface area contributed by atoms with E-state index in [2.05, 4.69) is 38.5 Å². The van der Waals surface area contributed by atoms with E-state index in [0.29, 0.717) is 6.42 Å². The highest BCUT2D eigenvalue weighted by atomic mass is 127. The molecule has 1 aromatic carbocycles. The smallest absolute Gasteiger partial charge is 0.156 e. The fraction of sp³-hybridized carbons (Fsp3) is 0.182. The van der Waals surface area contributed by atoms with Crippen molar-refractivity contribution in [3.8, 4) is 0 Å². The lowest BCUT2D eigenvalue weighted by Crippen LogP contribution is -1.88. The van der Waals surface area contributed by atoms with Gasteiger partial charge in [0.15, 0.2) is 5.78 Å². The molecule has 0 aliphatic rings. The Morgan fingerprint density at radius 2 is 2.00 bits per heavy atom. The van der Waals surface area contributed by atoms with E-state index in [1.165, 1.54) is 0 Å². The molecule has 0 aromatic heterocycles. The van der Waals surface area contributed by atoms with Crippen LogP contribution in [0.25, 0.3) is 3.58 Å². The van der Waals surface area contributed by atoms with E-state index in [0.717, 1.165) is 13.6 Å². The third-order valence-electron chi connectivity index (χ3n) is 1.76. The van der Waals surface area contributed by atoms with Crippen LogP contribution in [-0.2, 0) is 4.79 Å². The minimum Gasteiger partial charge on any atom is -0.295 e. The average Bonchev–Trinajstić information content (AvgIpc) is 2.18. The topological polar surface area (TPSA) is 17.1 Å². The van der Waals surface area contributed by atoms with Gasteiger partial charge in [-0.3, -0.25) is 4.79 Å². The van der Waals surface area contributed by atoms with Crippen molar-refractivity contribution in [2.24, 2.45) is 0 Å². The van der Waals surface area contributed by atoms with Gasteiger partial charge in [-0.1, -0.05) is 35.0 Å². The zero-order chi connectivity index (χ0) is 10.6. The Labute approximate surface area is 106 Å². The quantitative estimate of drug-likeness (QED) is 0.580. The number of ketones is 1. The Morgan fingerprint density at radius 1 is 1.43 bits per heavy atom. The zero-order valence-corrected chi connectivity index (χ0v) is 11.5. The maximum atomic E-state index is 11.2. The summed E-state index contributed by atoms with van der Waals surface area (Å²) in [5.74, 6) is 0.164. The molecule has 0 atom stereocenters. The van der Waals surface area contributed by atoms with Crippen LogP contribution in [0.15, 0.2) is 34.8 Å². The molecule has 0 radical (unpaired) electrons. The van der Waals surface area contributed by atoms with Crippen molar-refractivity contribution < 1.29 is 4.79 Å². The Hall–Kier alpha value is -0.160. The molecular weight excluding hydrogens is 355 g/mol. The average molecular weight is 365 g/mol. The third kappa shape index (κ3) is 3.53. The summed E-state index contributed by atoms with van der Waals surface area (Å²) >= 11 is 5.55. The van der Waals surface area contributed by atoms with Crippen LogP contribution < -0.4 is 0 Å². The van der Waals surface area contributed by atoms with Crippen LogP contribution >= 0.6 is 38.5 Å². The molecule has 0 unspecified atom stereocenters. The van der Waals surface area contributed by atoms with Gasteiger partial charge in [0.2, 0.25) is 0 Å². The molecule has 1 aromatic rings. The molecule has 0 aliphatic carbocycles. The predicted molar refractivity (Wildman–Crippen MR) is 71.4 cm³/mol. The molecule has 0 saturated carbocycles. The Kier molecular flexibility index (Phi) is 4.81. The van der Waals surface area contributed by atoms with Gasteiger partial charge in [0, 0.05) is 14.5 Å². The lowest BCUT2D eigenvalue weighted by atomic mass is 10.2. The molecule has 74 valence electrons. The second-order valence-corrected chi connectivity index (χ2v) is 4.90. The van der Waals surface area contributed by atoms with Crippen molar-refractivity contribution in [2.75, 3.05) is 0 Å². The summed E-state index contributed by atoms with van der Waals surface area (Å²) in [7, 11) is 0. The molecule has 3 heteroatoms. The molecule has 0 bridgehead atoms. The molecule has 0 amide bonds. The van der Waals surface area contributed by atoms with Crippen molar-refractivity contribution in [3.63, 3.8) is 0 Å². The molecule has 1 rings (SSSR count). The number of halogens is 2. The standard InChI is InChI=1S/C11H10BrIO/c1-2-10(14)7-11(13)8-3-5-9(12)6-4-8/h3-7H,2H2,1H3/b11-7-. The van der Waals surface area contributed by atoms with E-state index in [1.807, 2.05) is 31.2 Å². The van der Waals surface area contributed by atoms with Crippen molar-refractivity contribution in [1.82, 2.24) is 0 Å². The van der Waals surface area contributed by atoms with Gasteiger partial charge in [0.05, 0.1) is 0 Å². The van der Waals surface area contributed by atoms with Crippen LogP contribution in [0, 0.1) is 0 Å². The lowest BCUT2D eigenvalue weighted by Gasteiger charge is -1.99. The van der Waals surface area contributed by atoms with E-state index in [-0.39, 0.29) is 5.78 Å². The normalized spacial score (nSPS) is 11.5. The van der Waals surface area contributed by atoms with Crippen molar-refractivity contribution in [1.29, 1.82) is 0 Å². The second kappa shape index (κ2) is 5.66. The van der Waals surface area contributed by atoms with Gasteiger partial charge in [-0.05, 0) is 46.4 Å². The Balaban J connectivity index is 2.89. The number of rotatable bonds is 3. The highest BCUT2D eigenvalue weighted by Gasteiger charge is 1.99. The van der Waals surface area contributed by atoms with Gasteiger partial charge in [-0.15, -0.1) is 0 Å². The van der Waals surface area contributed by atoms with Crippen molar-refractivity contribution >= 4 is 47.9 Å². The fourth-order valence-corrected chi connectivity index (χ4v) is 1.91. The van der Waals surface area contributed by atoms with Gasteiger partial charge in [0.1, 0.15) is 0 Å². The maximum Gasteiger partial charge on any atom is 0.156 e. The van der Waals surface area contributed by atoms with E-state index >= 15 is 0 Å². The fourth-order valence-electron chi connectivity index (χ4n) is 0.936. The molecular formula is C11H10BrIO. The van der Waals surface area contributed by atoms with Gasteiger partial charge in [-0.25, -0.2) is 0 Å². The number of carbonyl (C=O) groups excluding carboxylic acids is 1. The number of allylic oxidation sites excluding steroid dienone is 1. The highest BCUT2D eigenvalue weighted by Crippen LogP contribution is 2.23. The second-order valence-electron chi connectivity index (χ2n) is 2.82. The van der Waals surface area contributed by atoms with Crippen LogP contribution in [0.5, 0.6) is 0 Å². The van der Waals surface area contributed by atoms with E-state index < -0.39 is 0 Å². The summed E-state index contributed by atoms with van der Waals surface area (Å²) in [4.78, 5) is 11.2.